The lowest BCUT2D eigenvalue weighted by molar-refractivity contribution is -0.0811. The van der Waals surface area contributed by atoms with Crippen LogP contribution in [0.15, 0.2) is 6.20 Å². The number of hydrogen-bond acceptors (Lipinski definition) is 8. The normalized spacial score (nSPS) is 28.2. The number of nitrogens with zero attached hydrogens (tertiary/aromatic N) is 2. The molecule has 2 rings (SSSR count). The van der Waals surface area contributed by atoms with Crippen LogP contribution in [0.1, 0.15) is 11.8 Å². The van der Waals surface area contributed by atoms with Crippen molar-refractivity contribution in [1.29, 1.82) is 0 Å². The van der Waals surface area contributed by atoms with Crippen LogP contribution in [0, 0.1) is 11.7 Å². The van der Waals surface area contributed by atoms with Crippen LogP contribution in [0.3, 0.4) is 0 Å². The molecule has 0 radical (unpaired) electrons. The van der Waals surface area contributed by atoms with Crippen LogP contribution in [0.2, 0.25) is 0 Å². The molecule has 1 saturated heterocycles. The van der Waals surface area contributed by atoms with Crippen molar-refractivity contribution in [2.24, 2.45) is 0 Å². The number of aromatic nitrogens is 2. The van der Waals surface area contributed by atoms with E-state index in [1.807, 2.05) is 0 Å². The number of nitrogen functional groups attached to an aromatic ring is 1. The van der Waals surface area contributed by atoms with E-state index < -0.39 is 24.5 Å². The summed E-state index contributed by atoms with van der Waals surface area (Å²) in [6, 6.07) is 0. The van der Waals surface area contributed by atoms with E-state index in [-0.39, 0.29) is 18.0 Å². The Balaban J connectivity index is 2.29. The highest BCUT2D eigenvalue weighted by Gasteiger charge is 2.45. The number of aliphatic hydroxyl groups is 2. The predicted octanol–water partition coefficient (Wildman–Crippen LogP) is -0.215. The molecule has 124 valence electrons. The lowest BCUT2D eigenvalue weighted by Gasteiger charge is -2.23. The minimum Gasteiger partial charge on any atom is -0.394 e. The molecular formula is C13H21N3O5S. The van der Waals surface area contributed by atoms with Crippen LogP contribution in [0.5, 0.6) is 0 Å². The topological polar surface area (TPSA) is 112 Å². The predicted molar refractivity (Wildman–Crippen MR) is 80.8 cm³/mol. The van der Waals surface area contributed by atoms with E-state index >= 15 is 0 Å². The number of anilines is 1. The maximum atomic E-state index is 10.3. The minimum absolute atomic E-state index is 0.222. The van der Waals surface area contributed by atoms with Crippen LogP contribution in [0.4, 0.5) is 5.82 Å². The maximum Gasteiger partial charge on any atom is 0.203 e. The third kappa shape index (κ3) is 3.45. The molecule has 1 aromatic heterocycles. The fourth-order valence-corrected chi connectivity index (χ4v) is 2.56. The number of hydrogen-bond donors (Lipinski definition) is 3. The second-order valence-corrected chi connectivity index (χ2v) is 5.43. The lowest BCUT2D eigenvalue weighted by atomic mass is 10.1. The fourth-order valence-electron chi connectivity index (χ4n) is 2.30. The number of rotatable bonds is 6. The summed E-state index contributed by atoms with van der Waals surface area (Å²) in [4.78, 5) is 4.08. The number of aliphatic hydroxyl groups excluding tert-OH is 2. The standard InChI is InChI=1S/C13H21N3O5S/c1-7-5-16(13(22)15-11(7)14)12-10(20-4-3-19-2)9(18)8(6-17)21-12/h5,8-10,12,17-18H,3-4,6H2,1-2H3,(H2,14,15,22)/t8-,9?,10?,12-/m1/s1. The molecule has 2 unspecified atom stereocenters. The van der Waals surface area contributed by atoms with Crippen LogP contribution in [0.25, 0.3) is 0 Å². The summed E-state index contributed by atoms with van der Waals surface area (Å²) in [5.74, 6) is 0.343. The van der Waals surface area contributed by atoms with E-state index in [2.05, 4.69) is 4.98 Å². The highest BCUT2D eigenvalue weighted by atomic mass is 32.1. The van der Waals surface area contributed by atoms with Gasteiger partial charge in [-0.05, 0) is 19.1 Å². The van der Waals surface area contributed by atoms with Crippen molar-refractivity contribution in [3.63, 3.8) is 0 Å². The first-order valence-electron chi connectivity index (χ1n) is 6.89. The first-order valence-corrected chi connectivity index (χ1v) is 7.30. The van der Waals surface area contributed by atoms with Crippen LogP contribution < -0.4 is 5.73 Å². The van der Waals surface area contributed by atoms with Gasteiger partial charge in [0.2, 0.25) is 4.77 Å². The zero-order valence-electron chi connectivity index (χ0n) is 12.5. The zero-order valence-corrected chi connectivity index (χ0v) is 13.3. The van der Waals surface area contributed by atoms with Crippen molar-refractivity contribution in [3.8, 4) is 0 Å². The molecule has 0 aliphatic carbocycles. The Morgan fingerprint density at radius 1 is 1.50 bits per heavy atom. The Morgan fingerprint density at radius 3 is 2.86 bits per heavy atom. The molecule has 0 spiro atoms. The molecule has 4 atom stereocenters. The van der Waals surface area contributed by atoms with Crippen molar-refractivity contribution >= 4 is 18.0 Å². The molecule has 8 nitrogen and oxygen atoms in total. The molecular weight excluding hydrogens is 310 g/mol. The SMILES string of the molecule is COCCOC1C(O)[C@@H](CO)O[C@H]1n1cc(C)c(N)nc1=S. The minimum atomic E-state index is -0.980. The summed E-state index contributed by atoms with van der Waals surface area (Å²) in [5, 5.41) is 19.6. The summed E-state index contributed by atoms with van der Waals surface area (Å²) in [7, 11) is 1.56. The molecule has 0 bridgehead atoms. The molecule has 1 aliphatic rings. The molecule has 0 aromatic carbocycles. The Kier molecular flexibility index (Phi) is 5.84. The highest BCUT2D eigenvalue weighted by molar-refractivity contribution is 7.71. The van der Waals surface area contributed by atoms with Crippen molar-refractivity contribution in [1.82, 2.24) is 9.55 Å². The smallest absolute Gasteiger partial charge is 0.203 e. The van der Waals surface area contributed by atoms with Gasteiger partial charge in [0.15, 0.2) is 6.23 Å². The van der Waals surface area contributed by atoms with Gasteiger partial charge in [-0.3, -0.25) is 4.57 Å². The first kappa shape index (κ1) is 17.3. The van der Waals surface area contributed by atoms with E-state index in [0.717, 1.165) is 5.56 Å². The van der Waals surface area contributed by atoms with Gasteiger partial charge in [0.05, 0.1) is 19.8 Å². The number of aryl methyl sites for hydroxylation is 1. The number of ether oxygens (including phenoxy) is 3. The molecule has 22 heavy (non-hydrogen) atoms. The van der Waals surface area contributed by atoms with E-state index in [1.54, 1.807) is 24.8 Å². The second kappa shape index (κ2) is 7.44. The Bertz CT molecular complexity index is 567. The molecule has 4 N–H and O–H groups in total. The average molecular weight is 331 g/mol. The molecule has 9 heteroatoms. The van der Waals surface area contributed by atoms with E-state index in [4.69, 9.17) is 32.2 Å². The monoisotopic (exact) mass is 331 g/mol. The molecule has 0 amide bonds. The van der Waals surface area contributed by atoms with Crippen LogP contribution >= 0.6 is 12.2 Å². The summed E-state index contributed by atoms with van der Waals surface area (Å²) < 4.78 is 18.1. The Labute approximate surface area is 133 Å². The first-order chi connectivity index (χ1) is 10.5. The molecule has 1 aromatic rings. The zero-order chi connectivity index (χ0) is 16.3. The number of methoxy groups -OCH3 is 1. The summed E-state index contributed by atoms with van der Waals surface area (Å²) in [5.41, 5.74) is 6.46. The van der Waals surface area contributed by atoms with Gasteiger partial charge < -0.3 is 30.2 Å². The van der Waals surface area contributed by atoms with Crippen LogP contribution in [-0.2, 0) is 14.2 Å². The van der Waals surface area contributed by atoms with Gasteiger partial charge in [-0.1, -0.05) is 0 Å². The maximum absolute atomic E-state index is 10.3. The van der Waals surface area contributed by atoms with E-state index in [0.29, 0.717) is 12.4 Å². The lowest BCUT2D eigenvalue weighted by Crippen LogP contribution is -2.36. The van der Waals surface area contributed by atoms with Gasteiger partial charge in [0.1, 0.15) is 24.1 Å². The second-order valence-electron chi connectivity index (χ2n) is 5.07. The molecule has 1 aliphatic heterocycles. The average Bonchev–Trinajstić information content (AvgIpc) is 2.80. The number of nitrogens with two attached hydrogens (primary N) is 1. The van der Waals surface area contributed by atoms with Gasteiger partial charge in [0, 0.05) is 18.9 Å². The third-order valence-electron chi connectivity index (χ3n) is 3.54. The van der Waals surface area contributed by atoms with Gasteiger partial charge >= 0.3 is 0 Å². The van der Waals surface area contributed by atoms with Crippen LogP contribution in [-0.4, -0.2) is 65.0 Å². The summed E-state index contributed by atoms with van der Waals surface area (Å²) >= 11 is 5.21. The van der Waals surface area contributed by atoms with Crippen molar-refractivity contribution in [3.05, 3.63) is 16.5 Å². The van der Waals surface area contributed by atoms with Crippen molar-refractivity contribution in [2.75, 3.05) is 32.7 Å². The summed E-state index contributed by atoms with van der Waals surface area (Å²) in [6.07, 6.45) is -1.41. The third-order valence-corrected chi connectivity index (χ3v) is 3.84. The summed E-state index contributed by atoms with van der Waals surface area (Å²) in [6.45, 7) is 2.13. The van der Waals surface area contributed by atoms with Gasteiger partial charge in [-0.15, -0.1) is 0 Å². The molecule has 0 saturated carbocycles. The van der Waals surface area contributed by atoms with Gasteiger partial charge in [0.25, 0.3) is 0 Å². The van der Waals surface area contributed by atoms with E-state index in [9.17, 15) is 10.2 Å². The molecule has 2 heterocycles. The Hall–Kier alpha value is -1.10. The Morgan fingerprint density at radius 2 is 2.23 bits per heavy atom. The fraction of sp³-hybridized carbons (Fsp3) is 0.692. The quantitative estimate of drug-likeness (QED) is 0.485. The van der Waals surface area contributed by atoms with Gasteiger partial charge in [-0.2, -0.15) is 0 Å². The van der Waals surface area contributed by atoms with Crippen molar-refractivity contribution < 1.29 is 24.4 Å². The van der Waals surface area contributed by atoms with E-state index in [1.165, 1.54) is 0 Å². The van der Waals surface area contributed by atoms with Gasteiger partial charge in [-0.25, -0.2) is 4.98 Å². The molecule has 1 fully saturated rings. The van der Waals surface area contributed by atoms with Crippen molar-refractivity contribution in [2.45, 2.75) is 31.5 Å². The highest BCUT2D eigenvalue weighted by Crippen LogP contribution is 2.32. The largest absolute Gasteiger partial charge is 0.394 e.